The van der Waals surface area contributed by atoms with E-state index in [9.17, 15) is 14.7 Å². The predicted octanol–water partition coefficient (Wildman–Crippen LogP) is 3.95. The molecule has 1 amide bonds. The van der Waals surface area contributed by atoms with Gasteiger partial charge in [-0.15, -0.1) is 0 Å². The minimum Gasteiger partial charge on any atom is -0.480 e. The van der Waals surface area contributed by atoms with Gasteiger partial charge in [-0.1, -0.05) is 48.5 Å². The fourth-order valence-corrected chi connectivity index (χ4v) is 5.56. The summed E-state index contributed by atoms with van der Waals surface area (Å²) in [4.78, 5) is 28.2. The molecule has 31 heavy (non-hydrogen) atoms. The number of hydrogen-bond donors (Lipinski definition) is 1. The molecular weight excluding hydrogens is 392 g/mol. The summed E-state index contributed by atoms with van der Waals surface area (Å²) >= 11 is 0. The van der Waals surface area contributed by atoms with Crippen LogP contribution in [0.2, 0.25) is 0 Å². The second kappa shape index (κ2) is 8.35. The number of amides is 1. The van der Waals surface area contributed by atoms with Gasteiger partial charge in [0.25, 0.3) is 0 Å². The van der Waals surface area contributed by atoms with E-state index in [1.165, 1.54) is 22.3 Å². The van der Waals surface area contributed by atoms with Crippen molar-refractivity contribution in [3.8, 4) is 11.1 Å². The van der Waals surface area contributed by atoms with Crippen molar-refractivity contribution in [1.82, 2.24) is 9.80 Å². The van der Waals surface area contributed by atoms with Crippen molar-refractivity contribution < 1.29 is 19.4 Å². The molecule has 2 aromatic rings. The number of nitrogens with zero attached hydrogens (tertiary/aromatic N) is 2. The van der Waals surface area contributed by atoms with Crippen molar-refractivity contribution in [3.63, 3.8) is 0 Å². The molecule has 2 aromatic carbocycles. The molecule has 2 aliphatic heterocycles. The molecule has 1 N–H and O–H groups in total. The maximum atomic E-state index is 12.8. The zero-order valence-electron chi connectivity index (χ0n) is 17.6. The van der Waals surface area contributed by atoms with Crippen molar-refractivity contribution in [3.05, 3.63) is 59.7 Å². The van der Waals surface area contributed by atoms with Gasteiger partial charge < -0.3 is 14.7 Å². The summed E-state index contributed by atoms with van der Waals surface area (Å²) in [6, 6.07) is 16.5. The fourth-order valence-electron chi connectivity index (χ4n) is 5.56. The average Bonchev–Trinajstić information content (AvgIpc) is 3.41. The van der Waals surface area contributed by atoms with Crippen molar-refractivity contribution >= 4 is 12.1 Å². The summed E-state index contributed by atoms with van der Waals surface area (Å²) in [5.74, 6) is -0.661. The van der Waals surface area contributed by atoms with Crippen LogP contribution in [-0.4, -0.2) is 65.3 Å². The highest BCUT2D eigenvalue weighted by Crippen LogP contribution is 2.44. The van der Waals surface area contributed by atoms with Gasteiger partial charge in [-0.25, -0.2) is 4.79 Å². The van der Waals surface area contributed by atoms with Crippen LogP contribution in [-0.2, 0) is 9.53 Å². The molecule has 6 heteroatoms. The van der Waals surface area contributed by atoms with E-state index >= 15 is 0 Å². The van der Waals surface area contributed by atoms with E-state index < -0.39 is 5.97 Å². The summed E-state index contributed by atoms with van der Waals surface area (Å²) < 4.78 is 5.78. The van der Waals surface area contributed by atoms with E-state index in [0.717, 1.165) is 32.2 Å². The smallest absolute Gasteiger partial charge is 0.409 e. The first-order chi connectivity index (χ1) is 15.1. The van der Waals surface area contributed by atoms with Crippen LogP contribution in [0.5, 0.6) is 0 Å². The number of carboxylic acids is 1. The lowest BCUT2D eigenvalue weighted by Crippen LogP contribution is -2.50. The van der Waals surface area contributed by atoms with E-state index in [-0.39, 0.29) is 24.1 Å². The second-order valence-corrected chi connectivity index (χ2v) is 8.76. The number of likely N-dealkylation sites (tertiary alicyclic amines) is 2. The van der Waals surface area contributed by atoms with Crippen molar-refractivity contribution in [2.45, 2.75) is 43.7 Å². The maximum absolute atomic E-state index is 12.8. The van der Waals surface area contributed by atoms with Crippen LogP contribution >= 0.6 is 0 Å². The first-order valence-electron chi connectivity index (χ1n) is 11.2. The highest BCUT2D eigenvalue weighted by molar-refractivity contribution is 5.79. The van der Waals surface area contributed by atoms with Gasteiger partial charge in [0.15, 0.2) is 0 Å². The first-order valence-corrected chi connectivity index (χ1v) is 11.2. The Balaban J connectivity index is 1.19. The van der Waals surface area contributed by atoms with Crippen LogP contribution in [0.25, 0.3) is 11.1 Å². The third-order valence-electron chi connectivity index (χ3n) is 7.11. The number of carbonyl (C=O) groups is 2. The Hall–Kier alpha value is -2.86. The molecule has 3 aliphatic rings. The van der Waals surface area contributed by atoms with Gasteiger partial charge in [-0.3, -0.25) is 9.69 Å². The molecule has 0 bridgehead atoms. The van der Waals surface area contributed by atoms with Crippen LogP contribution in [0.3, 0.4) is 0 Å². The molecule has 0 saturated carbocycles. The Morgan fingerprint density at radius 1 is 0.903 bits per heavy atom. The third-order valence-corrected chi connectivity index (χ3v) is 7.11. The molecule has 6 nitrogen and oxygen atoms in total. The Morgan fingerprint density at radius 2 is 1.52 bits per heavy atom. The highest BCUT2D eigenvalue weighted by Gasteiger charge is 2.37. The Kier molecular flexibility index (Phi) is 5.40. The lowest BCUT2D eigenvalue weighted by atomic mass is 9.98. The number of carbonyl (C=O) groups excluding carboxylic acids is 1. The Labute approximate surface area is 182 Å². The molecule has 0 aromatic heterocycles. The van der Waals surface area contributed by atoms with Crippen molar-refractivity contribution in [1.29, 1.82) is 0 Å². The topological polar surface area (TPSA) is 70.1 Å². The highest BCUT2D eigenvalue weighted by atomic mass is 16.6. The summed E-state index contributed by atoms with van der Waals surface area (Å²) in [6.07, 6.45) is 2.99. The monoisotopic (exact) mass is 420 g/mol. The lowest BCUT2D eigenvalue weighted by molar-refractivity contribution is -0.143. The molecule has 2 fully saturated rings. The van der Waals surface area contributed by atoms with Crippen LogP contribution in [0, 0.1) is 0 Å². The van der Waals surface area contributed by atoms with Crippen molar-refractivity contribution in [2.24, 2.45) is 0 Å². The summed E-state index contributed by atoms with van der Waals surface area (Å²) in [6.45, 7) is 2.40. The largest absolute Gasteiger partial charge is 0.480 e. The SMILES string of the molecule is O=C(O)[C@@H]1CCCN1C1CCN(C(=O)OCC2c3ccccc3-c3ccccc32)CC1. The summed E-state index contributed by atoms with van der Waals surface area (Å²) in [5.41, 5.74) is 4.87. The van der Waals surface area contributed by atoms with E-state index in [4.69, 9.17) is 4.74 Å². The lowest BCUT2D eigenvalue weighted by Gasteiger charge is -2.38. The van der Waals surface area contributed by atoms with E-state index in [2.05, 4.69) is 29.2 Å². The van der Waals surface area contributed by atoms with Gasteiger partial charge in [-0.05, 0) is 54.5 Å². The predicted molar refractivity (Wildman–Crippen MR) is 117 cm³/mol. The minimum absolute atomic E-state index is 0.0646. The summed E-state index contributed by atoms with van der Waals surface area (Å²) in [7, 11) is 0. The Morgan fingerprint density at radius 3 is 2.13 bits per heavy atom. The van der Waals surface area contributed by atoms with Crippen molar-refractivity contribution in [2.75, 3.05) is 26.2 Å². The normalized spacial score (nSPS) is 21.7. The average molecular weight is 421 g/mol. The van der Waals surface area contributed by atoms with Gasteiger partial charge in [-0.2, -0.15) is 0 Å². The molecule has 0 unspecified atom stereocenters. The number of benzene rings is 2. The zero-order valence-corrected chi connectivity index (χ0v) is 17.6. The van der Waals surface area contributed by atoms with E-state index in [1.54, 1.807) is 4.90 Å². The quantitative estimate of drug-likeness (QED) is 0.811. The summed E-state index contributed by atoms with van der Waals surface area (Å²) in [5, 5.41) is 9.44. The first kappa shape index (κ1) is 20.1. The number of rotatable bonds is 4. The fraction of sp³-hybridized carbons (Fsp3) is 0.440. The van der Waals surface area contributed by atoms with Gasteiger partial charge in [0.1, 0.15) is 12.6 Å². The van der Waals surface area contributed by atoms with Crippen LogP contribution < -0.4 is 0 Å². The van der Waals surface area contributed by atoms with E-state index in [1.807, 2.05) is 24.3 Å². The van der Waals surface area contributed by atoms with Crippen LogP contribution in [0.1, 0.15) is 42.7 Å². The Bertz CT molecular complexity index is 937. The molecule has 1 atom stereocenters. The standard InChI is InChI=1S/C25H28N2O4/c28-24(29)23-10-5-13-27(23)17-11-14-26(15-12-17)25(30)31-16-22-20-8-3-1-6-18(20)19-7-2-4-9-21(19)22/h1-4,6-9,17,22-23H,5,10-16H2,(H,28,29)/t23-/m0/s1. The van der Waals surface area contributed by atoms with Gasteiger partial charge in [0, 0.05) is 25.0 Å². The number of carboxylic acid groups (broad SMARTS) is 1. The van der Waals surface area contributed by atoms with Gasteiger partial charge >= 0.3 is 12.1 Å². The van der Waals surface area contributed by atoms with Gasteiger partial charge in [0.2, 0.25) is 0 Å². The molecule has 2 heterocycles. The molecule has 0 radical (unpaired) electrons. The number of ether oxygens (including phenoxy) is 1. The number of aliphatic carboxylic acids is 1. The molecule has 0 spiro atoms. The molecule has 5 rings (SSSR count). The van der Waals surface area contributed by atoms with Crippen LogP contribution in [0.15, 0.2) is 48.5 Å². The van der Waals surface area contributed by atoms with E-state index in [0.29, 0.717) is 19.7 Å². The molecule has 2 saturated heterocycles. The molecular formula is C25H28N2O4. The number of fused-ring (bicyclic) bond motifs is 3. The molecule has 162 valence electrons. The minimum atomic E-state index is -0.725. The number of piperidine rings is 1. The number of hydrogen-bond acceptors (Lipinski definition) is 4. The third kappa shape index (κ3) is 3.69. The van der Waals surface area contributed by atoms with Crippen LogP contribution in [0.4, 0.5) is 4.79 Å². The zero-order chi connectivity index (χ0) is 21.4. The van der Waals surface area contributed by atoms with Gasteiger partial charge in [0.05, 0.1) is 0 Å². The molecule has 1 aliphatic carbocycles. The maximum Gasteiger partial charge on any atom is 0.409 e. The second-order valence-electron chi connectivity index (χ2n) is 8.76.